The molecule has 6 heteroatoms. The minimum atomic E-state index is -0.999. The molecule has 0 radical (unpaired) electrons. The first-order chi connectivity index (χ1) is 8.39. The van der Waals surface area contributed by atoms with Crippen LogP contribution < -0.4 is 4.90 Å². The van der Waals surface area contributed by atoms with Crippen LogP contribution in [0, 0.1) is 6.92 Å². The maximum atomic E-state index is 10.9. The van der Waals surface area contributed by atoms with Gasteiger partial charge in [-0.2, -0.15) is 0 Å². The van der Waals surface area contributed by atoms with Crippen molar-refractivity contribution in [3.8, 4) is 0 Å². The zero-order valence-electron chi connectivity index (χ0n) is 10.8. The molecule has 1 aliphatic rings. The third-order valence-corrected chi connectivity index (χ3v) is 2.91. The van der Waals surface area contributed by atoms with Gasteiger partial charge in [0.2, 0.25) is 5.95 Å². The summed E-state index contributed by atoms with van der Waals surface area (Å²) in [5, 5.41) is 8.94. The number of anilines is 1. The van der Waals surface area contributed by atoms with E-state index in [0.29, 0.717) is 24.8 Å². The molecule has 2 rings (SSSR count). The normalized spacial score (nSPS) is 18.7. The Balaban J connectivity index is 2.24. The smallest absolute Gasteiger partial charge is 0.339 e. The Morgan fingerprint density at radius 2 is 2.28 bits per heavy atom. The van der Waals surface area contributed by atoms with Gasteiger partial charge in [-0.25, -0.2) is 14.8 Å². The number of aromatic carboxylic acids is 1. The van der Waals surface area contributed by atoms with E-state index in [-0.39, 0.29) is 11.2 Å². The molecule has 2 heterocycles. The van der Waals surface area contributed by atoms with Crippen LogP contribution >= 0.6 is 0 Å². The molecule has 1 fully saturated rings. The van der Waals surface area contributed by atoms with Crippen LogP contribution in [-0.4, -0.2) is 46.3 Å². The molecule has 0 amide bonds. The summed E-state index contributed by atoms with van der Waals surface area (Å²) in [6.45, 7) is 7.74. The van der Waals surface area contributed by atoms with Crippen LogP contribution in [0.15, 0.2) is 6.20 Å². The van der Waals surface area contributed by atoms with E-state index >= 15 is 0 Å². The summed E-state index contributed by atoms with van der Waals surface area (Å²) in [5.74, 6) is -0.435. The Morgan fingerprint density at radius 1 is 1.56 bits per heavy atom. The molecule has 18 heavy (non-hydrogen) atoms. The first-order valence-corrected chi connectivity index (χ1v) is 5.85. The number of aromatic nitrogens is 2. The molecule has 0 unspecified atom stereocenters. The molecule has 0 saturated carbocycles. The standard InChI is InChI=1S/C12H17N3O3/c1-8-9(10(16)17)6-13-11(14-8)15-4-5-18-12(2,3)7-15/h6H,4-5,7H2,1-3H3,(H,16,17). The molecule has 0 spiro atoms. The van der Waals surface area contributed by atoms with E-state index in [1.54, 1.807) is 6.92 Å². The first-order valence-electron chi connectivity index (χ1n) is 5.85. The van der Waals surface area contributed by atoms with Crippen molar-refractivity contribution in [2.24, 2.45) is 0 Å². The van der Waals surface area contributed by atoms with Gasteiger partial charge >= 0.3 is 5.97 Å². The minimum absolute atomic E-state index is 0.145. The van der Waals surface area contributed by atoms with Gasteiger partial charge < -0.3 is 14.7 Å². The van der Waals surface area contributed by atoms with E-state index in [1.807, 2.05) is 18.7 Å². The Morgan fingerprint density at radius 3 is 2.83 bits per heavy atom. The van der Waals surface area contributed by atoms with Crippen LogP contribution in [0.4, 0.5) is 5.95 Å². The van der Waals surface area contributed by atoms with E-state index in [2.05, 4.69) is 9.97 Å². The summed E-state index contributed by atoms with van der Waals surface area (Å²) < 4.78 is 5.62. The van der Waals surface area contributed by atoms with Crippen molar-refractivity contribution in [3.05, 3.63) is 17.5 Å². The highest BCUT2D eigenvalue weighted by atomic mass is 16.5. The second-order valence-electron chi connectivity index (χ2n) is 5.00. The molecule has 0 atom stereocenters. The van der Waals surface area contributed by atoms with Crippen LogP contribution in [-0.2, 0) is 4.74 Å². The highest BCUT2D eigenvalue weighted by Gasteiger charge is 2.28. The van der Waals surface area contributed by atoms with Gasteiger partial charge in [-0.1, -0.05) is 0 Å². The van der Waals surface area contributed by atoms with Gasteiger partial charge in [0.1, 0.15) is 0 Å². The number of aryl methyl sites for hydroxylation is 1. The molecule has 0 aliphatic carbocycles. The van der Waals surface area contributed by atoms with Crippen molar-refractivity contribution in [3.63, 3.8) is 0 Å². The number of nitrogens with zero attached hydrogens (tertiary/aromatic N) is 3. The van der Waals surface area contributed by atoms with E-state index in [1.165, 1.54) is 6.20 Å². The number of carbonyl (C=O) groups is 1. The van der Waals surface area contributed by atoms with E-state index in [4.69, 9.17) is 9.84 Å². The third-order valence-electron chi connectivity index (χ3n) is 2.91. The maximum Gasteiger partial charge on any atom is 0.339 e. The van der Waals surface area contributed by atoms with E-state index in [9.17, 15) is 4.79 Å². The molecule has 0 bridgehead atoms. The fraction of sp³-hybridized carbons (Fsp3) is 0.583. The van der Waals surface area contributed by atoms with Crippen molar-refractivity contribution in [2.45, 2.75) is 26.4 Å². The highest BCUT2D eigenvalue weighted by Crippen LogP contribution is 2.20. The Labute approximate surface area is 106 Å². The van der Waals surface area contributed by atoms with E-state index in [0.717, 1.165) is 6.54 Å². The quantitative estimate of drug-likeness (QED) is 0.848. The predicted molar refractivity (Wildman–Crippen MR) is 66.0 cm³/mol. The first kappa shape index (κ1) is 12.8. The second kappa shape index (κ2) is 4.53. The van der Waals surface area contributed by atoms with Gasteiger partial charge in [-0.3, -0.25) is 0 Å². The van der Waals surface area contributed by atoms with Crippen molar-refractivity contribution in [1.82, 2.24) is 9.97 Å². The lowest BCUT2D eigenvalue weighted by Crippen LogP contribution is -2.49. The summed E-state index contributed by atoms with van der Waals surface area (Å²) >= 11 is 0. The summed E-state index contributed by atoms with van der Waals surface area (Å²) in [5.41, 5.74) is 0.393. The van der Waals surface area contributed by atoms with Gasteiger partial charge in [0, 0.05) is 19.3 Å². The maximum absolute atomic E-state index is 10.9. The molecule has 1 N–H and O–H groups in total. The van der Waals surface area contributed by atoms with E-state index < -0.39 is 5.97 Å². The SMILES string of the molecule is Cc1nc(N2CCOC(C)(C)C2)ncc1C(=O)O. The zero-order chi connectivity index (χ0) is 13.3. The van der Waals surface area contributed by atoms with Gasteiger partial charge in [0.05, 0.1) is 23.5 Å². The van der Waals surface area contributed by atoms with Crippen LogP contribution in [0.5, 0.6) is 0 Å². The van der Waals surface area contributed by atoms with Gasteiger partial charge in [0.25, 0.3) is 0 Å². The molecule has 0 aromatic carbocycles. The van der Waals surface area contributed by atoms with Crippen molar-refractivity contribution in [2.75, 3.05) is 24.6 Å². The number of hydrogen-bond donors (Lipinski definition) is 1. The number of carboxylic acid groups (broad SMARTS) is 1. The second-order valence-corrected chi connectivity index (χ2v) is 5.00. The summed E-state index contributed by atoms with van der Waals surface area (Å²) in [6.07, 6.45) is 1.36. The van der Waals surface area contributed by atoms with Crippen LogP contribution in [0.1, 0.15) is 29.9 Å². The fourth-order valence-corrected chi connectivity index (χ4v) is 2.00. The lowest BCUT2D eigenvalue weighted by Gasteiger charge is -2.38. The zero-order valence-corrected chi connectivity index (χ0v) is 10.8. The number of morpholine rings is 1. The lowest BCUT2D eigenvalue weighted by molar-refractivity contribution is -0.0281. The van der Waals surface area contributed by atoms with Crippen LogP contribution in [0.3, 0.4) is 0 Å². The average Bonchev–Trinajstić information content (AvgIpc) is 2.27. The van der Waals surface area contributed by atoms with Crippen LogP contribution in [0.2, 0.25) is 0 Å². The number of hydrogen-bond acceptors (Lipinski definition) is 5. The fourth-order valence-electron chi connectivity index (χ4n) is 2.00. The Kier molecular flexibility index (Phi) is 3.21. The van der Waals surface area contributed by atoms with Gasteiger partial charge in [-0.05, 0) is 20.8 Å². The number of carboxylic acids is 1. The highest BCUT2D eigenvalue weighted by molar-refractivity contribution is 5.88. The molecule has 6 nitrogen and oxygen atoms in total. The van der Waals surface area contributed by atoms with Crippen LogP contribution in [0.25, 0.3) is 0 Å². The largest absolute Gasteiger partial charge is 0.478 e. The minimum Gasteiger partial charge on any atom is -0.478 e. The van der Waals surface area contributed by atoms with Crippen molar-refractivity contribution >= 4 is 11.9 Å². The molecule has 1 aromatic heterocycles. The molecule has 1 saturated heterocycles. The molecule has 98 valence electrons. The lowest BCUT2D eigenvalue weighted by atomic mass is 10.1. The monoisotopic (exact) mass is 251 g/mol. The van der Waals surface area contributed by atoms with Gasteiger partial charge in [-0.15, -0.1) is 0 Å². The van der Waals surface area contributed by atoms with Gasteiger partial charge in [0.15, 0.2) is 0 Å². The topological polar surface area (TPSA) is 75.5 Å². The Bertz CT molecular complexity index is 474. The summed E-state index contributed by atoms with van der Waals surface area (Å²) in [4.78, 5) is 21.3. The van der Waals surface area contributed by atoms with Crippen molar-refractivity contribution in [1.29, 1.82) is 0 Å². The molecule has 1 aliphatic heterocycles. The Hall–Kier alpha value is -1.69. The summed E-state index contributed by atoms with van der Waals surface area (Å²) in [6, 6.07) is 0. The summed E-state index contributed by atoms with van der Waals surface area (Å²) in [7, 11) is 0. The molecular weight excluding hydrogens is 234 g/mol. The number of rotatable bonds is 2. The predicted octanol–water partition coefficient (Wildman–Crippen LogP) is 1.10. The number of ether oxygens (including phenoxy) is 1. The average molecular weight is 251 g/mol. The third kappa shape index (κ3) is 2.59. The molecule has 1 aromatic rings. The van der Waals surface area contributed by atoms with Crippen molar-refractivity contribution < 1.29 is 14.6 Å². The molecular formula is C12H17N3O3.